The van der Waals surface area contributed by atoms with Crippen LogP contribution >= 0.6 is 11.6 Å². The zero-order chi connectivity index (χ0) is 21.5. The van der Waals surface area contributed by atoms with Gasteiger partial charge in [0.1, 0.15) is 5.75 Å². The standard InChI is InChI=1S/C23H27ClN2O4/c1-16-6-11-20(24)21(14-16)29-15-22(27)30-17(2)23(28)25-18-7-9-19(10-8-18)26-12-4-3-5-13-26/h6-11,14,17H,3-5,12-13,15H2,1-2H3,(H,25,28). The average molecular weight is 431 g/mol. The molecule has 0 saturated carbocycles. The molecule has 160 valence electrons. The van der Waals surface area contributed by atoms with Crippen LogP contribution in [-0.2, 0) is 14.3 Å². The minimum atomic E-state index is -0.948. The summed E-state index contributed by atoms with van der Waals surface area (Å²) in [5.74, 6) is -0.641. The predicted molar refractivity (Wildman–Crippen MR) is 118 cm³/mol. The Hall–Kier alpha value is -2.73. The highest BCUT2D eigenvalue weighted by molar-refractivity contribution is 6.32. The van der Waals surface area contributed by atoms with Crippen molar-refractivity contribution < 1.29 is 19.1 Å². The van der Waals surface area contributed by atoms with Crippen molar-refractivity contribution in [3.63, 3.8) is 0 Å². The third-order valence-electron chi connectivity index (χ3n) is 4.97. The van der Waals surface area contributed by atoms with Gasteiger partial charge >= 0.3 is 5.97 Å². The molecule has 1 atom stereocenters. The molecule has 0 bridgehead atoms. The largest absolute Gasteiger partial charge is 0.480 e. The van der Waals surface area contributed by atoms with Crippen LogP contribution in [0.4, 0.5) is 11.4 Å². The van der Waals surface area contributed by atoms with Gasteiger partial charge in [0.25, 0.3) is 5.91 Å². The van der Waals surface area contributed by atoms with E-state index in [9.17, 15) is 9.59 Å². The SMILES string of the molecule is Cc1ccc(Cl)c(OCC(=O)OC(C)C(=O)Nc2ccc(N3CCCCC3)cc2)c1. The Balaban J connectivity index is 1.46. The van der Waals surface area contributed by atoms with E-state index in [2.05, 4.69) is 10.2 Å². The van der Waals surface area contributed by atoms with Gasteiger partial charge in [-0.1, -0.05) is 17.7 Å². The van der Waals surface area contributed by atoms with Gasteiger partial charge in [-0.2, -0.15) is 0 Å². The van der Waals surface area contributed by atoms with Crippen molar-refractivity contribution in [2.45, 2.75) is 39.2 Å². The van der Waals surface area contributed by atoms with Crippen LogP contribution in [0, 0.1) is 6.92 Å². The van der Waals surface area contributed by atoms with Gasteiger partial charge in [-0.15, -0.1) is 0 Å². The molecule has 1 saturated heterocycles. The first-order valence-electron chi connectivity index (χ1n) is 10.2. The summed E-state index contributed by atoms with van der Waals surface area (Å²) < 4.78 is 10.6. The molecule has 1 N–H and O–H groups in total. The Morgan fingerprint density at radius 3 is 2.50 bits per heavy atom. The number of piperidine rings is 1. The molecular formula is C23H27ClN2O4. The Labute approximate surface area is 182 Å². The van der Waals surface area contributed by atoms with E-state index >= 15 is 0 Å². The van der Waals surface area contributed by atoms with Crippen LogP contribution in [0.3, 0.4) is 0 Å². The van der Waals surface area contributed by atoms with Crippen LogP contribution in [0.2, 0.25) is 5.02 Å². The van der Waals surface area contributed by atoms with Gasteiger partial charge in [0, 0.05) is 24.5 Å². The normalized spacial score (nSPS) is 14.7. The van der Waals surface area contributed by atoms with Crippen molar-refractivity contribution in [1.82, 2.24) is 0 Å². The zero-order valence-corrected chi connectivity index (χ0v) is 18.1. The van der Waals surface area contributed by atoms with E-state index in [-0.39, 0.29) is 6.61 Å². The van der Waals surface area contributed by atoms with Gasteiger partial charge in [-0.05, 0) is 75.1 Å². The maximum Gasteiger partial charge on any atom is 0.344 e. The molecule has 6 nitrogen and oxygen atoms in total. The second kappa shape index (κ2) is 10.3. The molecule has 0 spiro atoms. The lowest BCUT2D eigenvalue weighted by atomic mass is 10.1. The third kappa shape index (κ3) is 6.13. The number of esters is 1. The Morgan fingerprint density at radius 1 is 1.10 bits per heavy atom. The highest BCUT2D eigenvalue weighted by atomic mass is 35.5. The number of anilines is 2. The first-order chi connectivity index (χ1) is 14.4. The Morgan fingerprint density at radius 2 is 1.80 bits per heavy atom. The number of aryl methyl sites for hydroxylation is 1. The van der Waals surface area contributed by atoms with E-state index < -0.39 is 18.0 Å². The summed E-state index contributed by atoms with van der Waals surface area (Å²) in [5.41, 5.74) is 2.77. The molecule has 1 unspecified atom stereocenters. The number of nitrogens with one attached hydrogen (secondary N) is 1. The molecule has 0 aromatic heterocycles. The number of hydrogen-bond acceptors (Lipinski definition) is 5. The third-order valence-corrected chi connectivity index (χ3v) is 5.28. The van der Waals surface area contributed by atoms with Crippen LogP contribution in [0.25, 0.3) is 0 Å². The fourth-order valence-electron chi connectivity index (χ4n) is 3.29. The number of carbonyl (C=O) groups excluding carboxylic acids is 2. The summed E-state index contributed by atoms with van der Waals surface area (Å²) in [5, 5.41) is 3.18. The van der Waals surface area contributed by atoms with Crippen LogP contribution in [0.5, 0.6) is 5.75 Å². The topological polar surface area (TPSA) is 67.9 Å². The highest BCUT2D eigenvalue weighted by Gasteiger charge is 2.19. The van der Waals surface area contributed by atoms with Crippen molar-refractivity contribution in [1.29, 1.82) is 0 Å². The number of amides is 1. The summed E-state index contributed by atoms with van der Waals surface area (Å²) in [4.78, 5) is 26.7. The molecule has 0 aliphatic carbocycles. The zero-order valence-electron chi connectivity index (χ0n) is 17.3. The van der Waals surface area contributed by atoms with Crippen LogP contribution in [0.15, 0.2) is 42.5 Å². The molecule has 1 fully saturated rings. The minimum absolute atomic E-state index is 0.328. The molecule has 3 rings (SSSR count). The van der Waals surface area contributed by atoms with Gasteiger partial charge < -0.3 is 19.7 Å². The number of halogens is 1. The van der Waals surface area contributed by atoms with Gasteiger partial charge in [-0.3, -0.25) is 4.79 Å². The van der Waals surface area contributed by atoms with Crippen molar-refractivity contribution in [3.8, 4) is 5.75 Å². The van der Waals surface area contributed by atoms with E-state index in [1.54, 1.807) is 12.1 Å². The quantitative estimate of drug-likeness (QED) is 0.651. The molecular weight excluding hydrogens is 404 g/mol. The second-order valence-electron chi connectivity index (χ2n) is 7.44. The summed E-state index contributed by atoms with van der Waals surface area (Å²) in [6.45, 7) is 5.22. The monoisotopic (exact) mass is 430 g/mol. The summed E-state index contributed by atoms with van der Waals surface area (Å²) in [7, 11) is 0. The van der Waals surface area contributed by atoms with Gasteiger partial charge in [-0.25, -0.2) is 4.79 Å². The summed E-state index contributed by atoms with van der Waals surface area (Å²) >= 11 is 6.04. The lowest BCUT2D eigenvalue weighted by Gasteiger charge is -2.28. The minimum Gasteiger partial charge on any atom is -0.480 e. The van der Waals surface area contributed by atoms with Crippen molar-refractivity contribution in [2.24, 2.45) is 0 Å². The molecule has 2 aromatic carbocycles. The van der Waals surface area contributed by atoms with Crippen molar-refractivity contribution in [3.05, 3.63) is 53.1 Å². The Bertz CT molecular complexity index is 879. The lowest BCUT2D eigenvalue weighted by molar-refractivity contribution is -0.155. The maximum absolute atomic E-state index is 12.3. The smallest absolute Gasteiger partial charge is 0.344 e. The average Bonchev–Trinajstić information content (AvgIpc) is 2.75. The first kappa shape index (κ1) is 22.0. The van der Waals surface area contributed by atoms with Crippen LogP contribution in [-0.4, -0.2) is 37.7 Å². The fourth-order valence-corrected chi connectivity index (χ4v) is 3.47. The van der Waals surface area contributed by atoms with Crippen molar-refractivity contribution >= 4 is 34.9 Å². The molecule has 1 aliphatic rings. The number of rotatable bonds is 7. The highest BCUT2D eigenvalue weighted by Crippen LogP contribution is 2.25. The fraction of sp³-hybridized carbons (Fsp3) is 0.391. The van der Waals surface area contributed by atoms with Crippen molar-refractivity contribution in [2.75, 3.05) is 29.9 Å². The number of ether oxygens (including phenoxy) is 2. The Kier molecular flexibility index (Phi) is 7.57. The molecule has 30 heavy (non-hydrogen) atoms. The van der Waals surface area contributed by atoms with E-state index in [4.69, 9.17) is 21.1 Å². The molecule has 1 aliphatic heterocycles. The van der Waals surface area contributed by atoms with Gasteiger partial charge in [0.15, 0.2) is 12.7 Å². The summed E-state index contributed by atoms with van der Waals surface area (Å²) in [6.07, 6.45) is 2.75. The number of benzene rings is 2. The van der Waals surface area contributed by atoms with E-state index in [1.807, 2.05) is 37.3 Å². The molecule has 1 heterocycles. The van der Waals surface area contributed by atoms with E-state index in [0.29, 0.717) is 16.5 Å². The number of carbonyl (C=O) groups is 2. The lowest BCUT2D eigenvalue weighted by Crippen LogP contribution is -2.32. The van der Waals surface area contributed by atoms with E-state index in [0.717, 1.165) is 24.3 Å². The molecule has 7 heteroatoms. The summed E-state index contributed by atoms with van der Waals surface area (Å²) in [6, 6.07) is 13.0. The second-order valence-corrected chi connectivity index (χ2v) is 7.85. The molecule has 2 aromatic rings. The number of nitrogens with zero attached hydrogens (tertiary/aromatic N) is 1. The molecule has 0 radical (unpaired) electrons. The van der Waals surface area contributed by atoms with Crippen LogP contribution < -0.4 is 15.0 Å². The predicted octanol–water partition coefficient (Wildman–Crippen LogP) is 4.59. The van der Waals surface area contributed by atoms with E-state index in [1.165, 1.54) is 26.2 Å². The van der Waals surface area contributed by atoms with Gasteiger partial charge in [0.2, 0.25) is 0 Å². The van der Waals surface area contributed by atoms with Gasteiger partial charge in [0.05, 0.1) is 5.02 Å². The number of hydrogen-bond donors (Lipinski definition) is 1. The first-order valence-corrected chi connectivity index (χ1v) is 10.5. The van der Waals surface area contributed by atoms with Crippen LogP contribution in [0.1, 0.15) is 31.7 Å². The molecule has 1 amide bonds. The maximum atomic E-state index is 12.3.